The molecule has 0 fully saturated rings. The Morgan fingerprint density at radius 3 is 2.00 bits per heavy atom. The third-order valence-electron chi connectivity index (χ3n) is 1.06. The van der Waals surface area contributed by atoms with Gasteiger partial charge in [0.25, 0.3) is 0 Å². The van der Waals surface area contributed by atoms with Crippen LogP contribution in [0.4, 0.5) is 17.6 Å². The summed E-state index contributed by atoms with van der Waals surface area (Å²) in [5, 5.41) is 9.67. The maximum Gasteiger partial charge on any atom is 0.363 e. The first-order chi connectivity index (χ1) is 5.17. The van der Waals surface area contributed by atoms with Gasteiger partial charge in [-0.1, -0.05) is 0 Å². The zero-order chi connectivity index (χ0) is 9.99. The van der Waals surface area contributed by atoms with Gasteiger partial charge in [-0.3, -0.25) is 0 Å². The number of halogens is 5. The monoisotopic (exact) mass is 251 g/mol. The van der Waals surface area contributed by atoms with Crippen molar-refractivity contribution in [2.45, 2.75) is 23.6 Å². The summed E-state index contributed by atoms with van der Waals surface area (Å²) in [6.07, 6.45) is -2.55. The van der Waals surface area contributed by atoms with E-state index in [1.165, 1.54) is 15.9 Å². The third-order valence-corrected chi connectivity index (χ3v) is 1.64. The van der Waals surface area contributed by atoms with Crippen LogP contribution >= 0.6 is 15.9 Å². The van der Waals surface area contributed by atoms with Gasteiger partial charge in [-0.25, -0.2) is 0 Å². The van der Waals surface area contributed by atoms with Gasteiger partial charge in [-0.15, -0.1) is 0 Å². The highest BCUT2D eigenvalue weighted by Crippen LogP contribution is 2.42. The number of alkyl halides is 5. The molecule has 0 aromatic rings. The predicted molar refractivity (Wildman–Crippen MR) is 33.1 cm³/mol. The molecule has 72 valence electrons. The summed E-state index contributed by atoms with van der Waals surface area (Å²) in [4.78, 5) is 5.29. The molecule has 0 aliphatic carbocycles. The number of hydrogen-bond donors (Lipinski definition) is 0. The average Bonchev–Trinajstić information content (AvgIpc) is 1.81. The van der Waals surface area contributed by atoms with E-state index in [1.807, 2.05) is 0 Å². The van der Waals surface area contributed by atoms with Gasteiger partial charge in [0.15, 0.2) is 0 Å². The topological polar surface area (TPSA) is 40.1 Å². The molecule has 0 aromatic heterocycles. The lowest BCUT2D eigenvalue weighted by molar-refractivity contribution is -0.307. The Hall–Kier alpha value is -0.330. The number of carboxylic acids is 1. The summed E-state index contributed by atoms with van der Waals surface area (Å²) in [6.45, 7) is 0. The fraction of sp³-hybridized carbons (Fsp3) is 0.800. The maximum absolute atomic E-state index is 12.2. The van der Waals surface area contributed by atoms with Crippen molar-refractivity contribution in [3.05, 3.63) is 0 Å². The maximum atomic E-state index is 12.2. The average molecular weight is 252 g/mol. The summed E-state index contributed by atoms with van der Waals surface area (Å²) < 4.78 is 48.2. The minimum Gasteiger partial charge on any atom is -0.550 e. The van der Waals surface area contributed by atoms with E-state index in [0.29, 0.717) is 0 Å². The van der Waals surface area contributed by atoms with E-state index in [-0.39, 0.29) is 0 Å². The van der Waals surface area contributed by atoms with Crippen LogP contribution in [0.25, 0.3) is 0 Å². The molecular formula is C5H4BrF4O2-. The minimum absolute atomic E-state index is 1.10. The summed E-state index contributed by atoms with van der Waals surface area (Å²) in [7, 11) is 0. The molecule has 0 saturated carbocycles. The van der Waals surface area contributed by atoms with Gasteiger partial charge in [0.2, 0.25) is 0 Å². The number of carbonyl (C=O) groups is 1. The first-order valence-electron chi connectivity index (χ1n) is 2.81. The Morgan fingerprint density at radius 1 is 1.33 bits per heavy atom. The van der Waals surface area contributed by atoms with Gasteiger partial charge in [0.05, 0.1) is 0 Å². The van der Waals surface area contributed by atoms with Crippen LogP contribution < -0.4 is 5.11 Å². The van der Waals surface area contributed by atoms with Gasteiger partial charge in [0, 0.05) is 12.4 Å². The number of hydrogen-bond acceptors (Lipinski definition) is 2. The van der Waals surface area contributed by atoms with Crippen molar-refractivity contribution < 1.29 is 27.5 Å². The molecule has 7 heteroatoms. The smallest absolute Gasteiger partial charge is 0.363 e. The van der Waals surface area contributed by atoms with Crippen LogP contribution in [0, 0.1) is 0 Å². The molecule has 0 saturated heterocycles. The first-order valence-corrected chi connectivity index (χ1v) is 3.60. The highest BCUT2D eigenvalue weighted by Gasteiger charge is 2.53. The van der Waals surface area contributed by atoms with E-state index in [1.54, 1.807) is 0 Å². The highest BCUT2D eigenvalue weighted by atomic mass is 79.9. The van der Waals surface area contributed by atoms with Gasteiger partial charge < -0.3 is 9.90 Å². The number of carbonyl (C=O) groups excluding carboxylic acids is 1. The van der Waals surface area contributed by atoms with E-state index in [0.717, 1.165) is 0 Å². The molecule has 0 spiro atoms. The van der Waals surface area contributed by atoms with E-state index in [9.17, 15) is 27.5 Å². The van der Waals surface area contributed by atoms with Crippen molar-refractivity contribution in [2.75, 3.05) is 0 Å². The standard InChI is InChI=1S/C5H5BrF4O2/c6-5(9,10)4(7,8)2-1-3(11)12/h1-2H2,(H,11,12)/p-1. The summed E-state index contributed by atoms with van der Waals surface area (Å²) in [6, 6.07) is 0. The number of aliphatic carboxylic acids is 1. The number of carboxylic acid groups (broad SMARTS) is 1. The quantitative estimate of drug-likeness (QED) is 0.556. The van der Waals surface area contributed by atoms with Gasteiger partial charge in [-0.05, 0) is 22.4 Å². The molecule has 2 nitrogen and oxygen atoms in total. The zero-order valence-electron chi connectivity index (χ0n) is 5.62. The van der Waals surface area contributed by atoms with Crippen LogP contribution in [-0.4, -0.2) is 16.7 Å². The second kappa shape index (κ2) is 3.59. The lowest BCUT2D eigenvalue weighted by atomic mass is 10.2. The van der Waals surface area contributed by atoms with Crippen molar-refractivity contribution in [1.82, 2.24) is 0 Å². The fourth-order valence-corrected chi connectivity index (χ4v) is 0.599. The normalized spacial score (nSPS) is 13.1. The molecular weight excluding hydrogens is 248 g/mol. The largest absolute Gasteiger partial charge is 0.550 e. The minimum atomic E-state index is -4.38. The van der Waals surface area contributed by atoms with Crippen LogP contribution in [0.5, 0.6) is 0 Å². The van der Waals surface area contributed by atoms with Crippen molar-refractivity contribution in [3.63, 3.8) is 0 Å². The molecule has 12 heavy (non-hydrogen) atoms. The molecule has 0 atom stereocenters. The predicted octanol–water partition coefficient (Wildman–Crippen LogP) is 1.14. The molecule has 0 radical (unpaired) electrons. The Balaban J connectivity index is 4.14. The molecule has 0 aromatic carbocycles. The van der Waals surface area contributed by atoms with E-state index in [2.05, 4.69) is 0 Å². The Bertz CT molecular complexity index is 177. The summed E-state index contributed by atoms with van der Waals surface area (Å²) >= 11 is 1.45. The van der Waals surface area contributed by atoms with Crippen molar-refractivity contribution in [2.24, 2.45) is 0 Å². The zero-order valence-corrected chi connectivity index (χ0v) is 7.21. The van der Waals surface area contributed by atoms with Gasteiger partial charge in [0.1, 0.15) is 0 Å². The van der Waals surface area contributed by atoms with Gasteiger partial charge in [-0.2, -0.15) is 17.6 Å². The highest BCUT2D eigenvalue weighted by molar-refractivity contribution is 9.10. The number of rotatable bonds is 4. The van der Waals surface area contributed by atoms with Crippen molar-refractivity contribution in [1.29, 1.82) is 0 Å². The summed E-state index contributed by atoms with van der Waals surface area (Å²) in [5.41, 5.74) is 0. The van der Waals surface area contributed by atoms with Gasteiger partial charge >= 0.3 is 10.8 Å². The fourth-order valence-electron chi connectivity index (χ4n) is 0.401. The van der Waals surface area contributed by atoms with E-state index in [4.69, 9.17) is 0 Å². The van der Waals surface area contributed by atoms with E-state index < -0.39 is 29.6 Å². The summed E-state index contributed by atoms with van der Waals surface area (Å²) in [5.74, 6) is -6.15. The van der Waals surface area contributed by atoms with Crippen molar-refractivity contribution >= 4 is 21.9 Å². The van der Waals surface area contributed by atoms with Crippen LogP contribution in [0.1, 0.15) is 12.8 Å². The lowest BCUT2D eigenvalue weighted by Gasteiger charge is -2.21. The molecule has 0 heterocycles. The molecule has 0 N–H and O–H groups in total. The first kappa shape index (κ1) is 11.7. The molecule has 0 unspecified atom stereocenters. The Morgan fingerprint density at radius 2 is 1.75 bits per heavy atom. The Kier molecular flexibility index (Phi) is 3.49. The van der Waals surface area contributed by atoms with Crippen LogP contribution in [0.3, 0.4) is 0 Å². The molecule has 0 aliphatic rings. The van der Waals surface area contributed by atoms with Crippen molar-refractivity contribution in [3.8, 4) is 0 Å². The molecule has 0 aliphatic heterocycles. The van der Waals surface area contributed by atoms with Crippen LogP contribution in [0.15, 0.2) is 0 Å². The second-order valence-electron chi connectivity index (χ2n) is 2.07. The SMILES string of the molecule is O=C([O-])CCC(F)(F)C(F)(F)Br. The van der Waals surface area contributed by atoms with Crippen LogP contribution in [-0.2, 0) is 4.79 Å². The van der Waals surface area contributed by atoms with Crippen LogP contribution in [0.2, 0.25) is 0 Å². The molecule has 0 bridgehead atoms. The lowest BCUT2D eigenvalue weighted by Crippen LogP contribution is -2.36. The molecule has 0 rings (SSSR count). The second-order valence-corrected chi connectivity index (χ2v) is 3.07. The third kappa shape index (κ3) is 3.38. The Labute approximate surface area is 73.7 Å². The molecule has 0 amide bonds. The van der Waals surface area contributed by atoms with E-state index >= 15 is 0 Å².